The van der Waals surface area contributed by atoms with E-state index in [2.05, 4.69) is 30.7 Å². The number of nitrogens with zero attached hydrogens (tertiary/aromatic N) is 6. The number of imidazole rings is 1. The molecule has 0 bridgehead atoms. The lowest BCUT2D eigenvalue weighted by molar-refractivity contribution is 0.102. The zero-order valence-electron chi connectivity index (χ0n) is 15.8. The zero-order valence-corrected chi connectivity index (χ0v) is 15.8. The highest BCUT2D eigenvalue weighted by molar-refractivity contribution is 6.05. The highest BCUT2D eigenvalue weighted by atomic mass is 16.5. The van der Waals surface area contributed by atoms with Crippen LogP contribution in [0.5, 0.6) is 5.88 Å². The molecule has 4 aromatic rings. The number of aromatic nitrogens is 6. The molecule has 10 nitrogen and oxygen atoms in total. The van der Waals surface area contributed by atoms with Crippen LogP contribution >= 0.6 is 0 Å². The molecule has 10 heteroatoms. The third-order valence-corrected chi connectivity index (χ3v) is 4.07. The molecule has 0 saturated heterocycles. The number of hydrogen-bond donors (Lipinski definition) is 2. The van der Waals surface area contributed by atoms with Crippen molar-refractivity contribution < 1.29 is 9.53 Å². The van der Waals surface area contributed by atoms with Crippen molar-refractivity contribution >= 4 is 23.1 Å². The fourth-order valence-electron chi connectivity index (χ4n) is 2.71. The number of nitrogens with one attached hydrogen (secondary N) is 2. The number of hydrogen-bond acceptors (Lipinski definition) is 7. The highest BCUT2D eigenvalue weighted by Gasteiger charge is 2.16. The van der Waals surface area contributed by atoms with Gasteiger partial charge in [0.1, 0.15) is 29.9 Å². The maximum Gasteiger partial charge on any atom is 0.262 e. The lowest BCUT2D eigenvalue weighted by Gasteiger charge is -2.09. The third-order valence-electron chi connectivity index (χ3n) is 4.07. The summed E-state index contributed by atoms with van der Waals surface area (Å²) in [5, 5.41) is 10.1. The molecule has 1 aromatic carbocycles. The van der Waals surface area contributed by atoms with Crippen molar-refractivity contribution in [3.05, 3.63) is 67.1 Å². The van der Waals surface area contributed by atoms with Crippen molar-refractivity contribution in [1.29, 1.82) is 0 Å². The van der Waals surface area contributed by atoms with Gasteiger partial charge in [0.05, 0.1) is 7.11 Å². The molecule has 29 heavy (non-hydrogen) atoms. The van der Waals surface area contributed by atoms with Crippen LogP contribution in [0.25, 0.3) is 5.82 Å². The van der Waals surface area contributed by atoms with Crippen LogP contribution in [0.3, 0.4) is 0 Å². The Bertz CT molecular complexity index is 1120. The Balaban J connectivity index is 1.44. The van der Waals surface area contributed by atoms with E-state index in [4.69, 9.17) is 4.74 Å². The summed E-state index contributed by atoms with van der Waals surface area (Å²) in [5.41, 5.74) is 1.83. The Kier molecular flexibility index (Phi) is 4.89. The molecule has 0 saturated carbocycles. The van der Waals surface area contributed by atoms with Gasteiger partial charge in [-0.05, 0) is 24.3 Å². The second-order valence-electron chi connectivity index (χ2n) is 6.11. The lowest BCUT2D eigenvalue weighted by Crippen LogP contribution is -2.12. The molecule has 0 aliphatic rings. The number of methoxy groups -OCH3 is 1. The number of ether oxygens (including phenoxy) is 1. The summed E-state index contributed by atoms with van der Waals surface area (Å²) in [5.74, 6) is 1.33. The SMILES string of the molecule is COc1nn(C)cc1C(=O)Nc1ccc(Nc2cc(-n3ccnc3)ncn2)cc1. The maximum atomic E-state index is 12.4. The molecule has 146 valence electrons. The van der Waals surface area contributed by atoms with E-state index < -0.39 is 0 Å². The Hall–Kier alpha value is -4.21. The van der Waals surface area contributed by atoms with E-state index in [1.54, 1.807) is 48.7 Å². The van der Waals surface area contributed by atoms with Gasteiger partial charge in [0.15, 0.2) is 0 Å². The van der Waals surface area contributed by atoms with Crippen molar-refractivity contribution in [3.8, 4) is 11.7 Å². The molecule has 3 heterocycles. The minimum Gasteiger partial charge on any atom is -0.479 e. The van der Waals surface area contributed by atoms with Gasteiger partial charge in [-0.2, -0.15) is 0 Å². The zero-order chi connectivity index (χ0) is 20.2. The van der Waals surface area contributed by atoms with E-state index in [-0.39, 0.29) is 11.8 Å². The number of carbonyl (C=O) groups is 1. The molecule has 0 atom stereocenters. The van der Waals surface area contributed by atoms with Crippen LogP contribution in [0.15, 0.2) is 61.6 Å². The summed E-state index contributed by atoms with van der Waals surface area (Å²) in [7, 11) is 3.20. The molecule has 0 aliphatic carbocycles. The second-order valence-corrected chi connectivity index (χ2v) is 6.11. The summed E-state index contributed by atoms with van der Waals surface area (Å²) < 4.78 is 8.44. The van der Waals surface area contributed by atoms with Gasteiger partial charge in [0, 0.05) is 43.1 Å². The average Bonchev–Trinajstić information content (AvgIpc) is 3.39. The van der Waals surface area contributed by atoms with Gasteiger partial charge in [-0.3, -0.25) is 14.0 Å². The van der Waals surface area contributed by atoms with Crippen molar-refractivity contribution in [1.82, 2.24) is 29.3 Å². The Labute approximate surface area is 166 Å². The molecular weight excluding hydrogens is 372 g/mol. The first-order valence-electron chi connectivity index (χ1n) is 8.69. The van der Waals surface area contributed by atoms with Crippen LogP contribution in [0.4, 0.5) is 17.2 Å². The van der Waals surface area contributed by atoms with Gasteiger partial charge in [-0.25, -0.2) is 15.0 Å². The monoisotopic (exact) mass is 390 g/mol. The predicted molar refractivity (Wildman–Crippen MR) is 107 cm³/mol. The van der Waals surface area contributed by atoms with E-state index in [0.717, 1.165) is 5.69 Å². The van der Waals surface area contributed by atoms with Gasteiger partial charge in [0.2, 0.25) is 5.88 Å². The minimum absolute atomic E-state index is 0.278. The Morgan fingerprint density at radius 2 is 1.93 bits per heavy atom. The fraction of sp³-hybridized carbons (Fsp3) is 0.105. The van der Waals surface area contributed by atoms with Gasteiger partial charge in [0.25, 0.3) is 5.91 Å². The summed E-state index contributed by atoms with van der Waals surface area (Å²) in [4.78, 5) is 24.9. The number of carbonyl (C=O) groups excluding carboxylic acids is 1. The van der Waals surface area contributed by atoms with Crippen LogP contribution in [-0.2, 0) is 7.05 Å². The highest BCUT2D eigenvalue weighted by Crippen LogP contribution is 2.21. The van der Waals surface area contributed by atoms with Crippen LogP contribution in [0.2, 0.25) is 0 Å². The molecule has 0 spiro atoms. The van der Waals surface area contributed by atoms with Gasteiger partial charge in [-0.15, -0.1) is 5.10 Å². The molecule has 1 amide bonds. The number of anilines is 3. The van der Waals surface area contributed by atoms with E-state index in [1.807, 2.05) is 18.2 Å². The lowest BCUT2D eigenvalue weighted by atomic mass is 10.2. The van der Waals surface area contributed by atoms with Crippen molar-refractivity contribution in [2.45, 2.75) is 0 Å². The topological polar surface area (TPSA) is 112 Å². The fourth-order valence-corrected chi connectivity index (χ4v) is 2.71. The van der Waals surface area contributed by atoms with Gasteiger partial charge in [-0.1, -0.05) is 0 Å². The van der Waals surface area contributed by atoms with E-state index in [9.17, 15) is 4.79 Å². The molecule has 0 fully saturated rings. The van der Waals surface area contributed by atoms with Gasteiger partial charge < -0.3 is 15.4 Å². The first kappa shape index (κ1) is 18.2. The number of amides is 1. The summed E-state index contributed by atoms with van der Waals surface area (Å²) >= 11 is 0. The van der Waals surface area contributed by atoms with Crippen molar-refractivity contribution in [2.75, 3.05) is 17.7 Å². The standard InChI is InChI=1S/C19H18N8O2/c1-26-10-15(19(25-26)29-2)18(28)24-14-5-3-13(4-6-14)23-16-9-17(22-11-21-16)27-8-7-20-12-27/h3-12H,1-2H3,(H,24,28)(H,21,22,23). The Morgan fingerprint density at radius 1 is 1.14 bits per heavy atom. The molecule has 0 radical (unpaired) electrons. The quantitative estimate of drug-likeness (QED) is 0.520. The summed E-state index contributed by atoms with van der Waals surface area (Å²) in [6.45, 7) is 0. The second kappa shape index (κ2) is 7.80. The molecule has 3 aromatic heterocycles. The van der Waals surface area contributed by atoms with Crippen LogP contribution in [0.1, 0.15) is 10.4 Å². The first-order chi connectivity index (χ1) is 14.1. The molecule has 0 aliphatic heterocycles. The van der Waals surface area contributed by atoms with E-state index >= 15 is 0 Å². The maximum absolute atomic E-state index is 12.4. The van der Waals surface area contributed by atoms with Crippen LogP contribution in [-0.4, -0.2) is 42.3 Å². The van der Waals surface area contributed by atoms with E-state index in [0.29, 0.717) is 22.9 Å². The predicted octanol–water partition coefficient (Wildman–Crippen LogP) is 2.40. The van der Waals surface area contributed by atoms with E-state index in [1.165, 1.54) is 18.1 Å². The largest absolute Gasteiger partial charge is 0.479 e. The summed E-state index contributed by atoms with van der Waals surface area (Å²) in [6, 6.07) is 9.08. The average molecular weight is 390 g/mol. The molecular formula is C19H18N8O2. The molecule has 2 N–H and O–H groups in total. The minimum atomic E-state index is -0.295. The Morgan fingerprint density at radius 3 is 2.66 bits per heavy atom. The smallest absolute Gasteiger partial charge is 0.262 e. The molecule has 4 rings (SSSR count). The first-order valence-corrected chi connectivity index (χ1v) is 8.69. The number of aryl methyl sites for hydroxylation is 1. The number of benzene rings is 1. The van der Waals surface area contributed by atoms with Crippen LogP contribution in [0, 0.1) is 0 Å². The number of rotatable bonds is 6. The van der Waals surface area contributed by atoms with Crippen LogP contribution < -0.4 is 15.4 Å². The normalized spacial score (nSPS) is 10.6. The molecule has 0 unspecified atom stereocenters. The summed E-state index contributed by atoms with van der Waals surface area (Å²) in [6.07, 6.45) is 8.25. The van der Waals surface area contributed by atoms with Crippen molar-refractivity contribution in [2.24, 2.45) is 7.05 Å². The van der Waals surface area contributed by atoms with Crippen molar-refractivity contribution in [3.63, 3.8) is 0 Å². The van der Waals surface area contributed by atoms with Gasteiger partial charge >= 0.3 is 0 Å². The third kappa shape index (κ3) is 4.05.